The number of anilines is 1. The first-order chi connectivity index (χ1) is 13.3. The van der Waals surface area contributed by atoms with Crippen LogP contribution in [0.2, 0.25) is 5.02 Å². The van der Waals surface area contributed by atoms with Crippen LogP contribution < -0.4 is 5.32 Å². The van der Waals surface area contributed by atoms with Gasteiger partial charge in [-0.05, 0) is 48.4 Å². The van der Waals surface area contributed by atoms with Gasteiger partial charge < -0.3 is 15.0 Å². The number of nitrogens with one attached hydrogen (secondary N) is 1. The third-order valence-electron chi connectivity index (χ3n) is 5.14. The van der Waals surface area contributed by atoms with Gasteiger partial charge in [-0.1, -0.05) is 44.4 Å². The predicted molar refractivity (Wildman–Crippen MR) is 111 cm³/mol. The van der Waals surface area contributed by atoms with E-state index in [4.69, 9.17) is 16.7 Å². The number of halogens is 1. The Morgan fingerprint density at radius 1 is 1.29 bits per heavy atom. The van der Waals surface area contributed by atoms with Gasteiger partial charge in [-0.3, -0.25) is 9.59 Å². The molecule has 3 rings (SSSR count). The summed E-state index contributed by atoms with van der Waals surface area (Å²) < 4.78 is 2.18. The third kappa shape index (κ3) is 5.16. The van der Waals surface area contributed by atoms with Crippen LogP contribution in [0.25, 0.3) is 0 Å². The van der Waals surface area contributed by atoms with Crippen molar-refractivity contribution in [3.63, 3.8) is 0 Å². The molecule has 1 aromatic heterocycles. The summed E-state index contributed by atoms with van der Waals surface area (Å²) in [5, 5.41) is 12.2. The Bertz CT molecular complexity index is 869. The highest BCUT2D eigenvalue weighted by Gasteiger charge is 2.22. The normalized spacial score (nSPS) is 13.7. The number of rotatable bonds is 9. The van der Waals surface area contributed by atoms with E-state index in [1.807, 2.05) is 12.3 Å². The van der Waals surface area contributed by atoms with Gasteiger partial charge in [-0.2, -0.15) is 0 Å². The number of nitrogens with zero attached hydrogens (tertiary/aromatic N) is 1. The molecule has 0 atom stereocenters. The van der Waals surface area contributed by atoms with Crippen molar-refractivity contribution in [3.05, 3.63) is 52.3 Å². The highest BCUT2D eigenvalue weighted by atomic mass is 35.5. The van der Waals surface area contributed by atoms with Crippen molar-refractivity contribution in [2.24, 2.45) is 5.92 Å². The number of carboxylic acids is 1. The number of hydrogen-bond donors (Lipinski definition) is 2. The number of hydrogen-bond acceptors (Lipinski definition) is 2. The molecule has 1 aliphatic rings. The molecule has 5 nitrogen and oxygen atoms in total. The summed E-state index contributed by atoms with van der Waals surface area (Å²) in [6.45, 7) is 5.10. The van der Waals surface area contributed by atoms with E-state index in [0.29, 0.717) is 21.8 Å². The first-order valence-electron chi connectivity index (χ1n) is 9.85. The monoisotopic (exact) mass is 402 g/mol. The molecule has 1 aliphatic carbocycles. The van der Waals surface area contributed by atoms with Crippen molar-refractivity contribution >= 4 is 29.2 Å². The van der Waals surface area contributed by atoms with Crippen LogP contribution in [0.15, 0.2) is 30.5 Å². The molecule has 1 aromatic carbocycles. The van der Waals surface area contributed by atoms with Gasteiger partial charge in [0.15, 0.2) is 0 Å². The van der Waals surface area contributed by atoms with Crippen molar-refractivity contribution in [1.29, 1.82) is 0 Å². The van der Waals surface area contributed by atoms with E-state index in [0.717, 1.165) is 24.6 Å². The molecule has 150 valence electrons. The summed E-state index contributed by atoms with van der Waals surface area (Å²) in [6, 6.07) is 6.75. The lowest BCUT2D eigenvalue weighted by atomic mass is 10.0. The molecule has 1 amide bonds. The Hall–Kier alpha value is -2.27. The Labute approximate surface area is 170 Å². The molecule has 0 spiro atoms. The third-order valence-corrected chi connectivity index (χ3v) is 5.47. The summed E-state index contributed by atoms with van der Waals surface area (Å²) in [4.78, 5) is 23.9. The maximum atomic E-state index is 12.9. The van der Waals surface area contributed by atoms with E-state index in [2.05, 4.69) is 23.7 Å². The van der Waals surface area contributed by atoms with E-state index in [-0.39, 0.29) is 18.2 Å². The molecule has 28 heavy (non-hydrogen) atoms. The van der Waals surface area contributed by atoms with E-state index < -0.39 is 5.97 Å². The zero-order valence-corrected chi connectivity index (χ0v) is 17.1. The summed E-state index contributed by atoms with van der Waals surface area (Å²) in [5.41, 5.74) is 2.68. The number of carbonyl (C=O) groups excluding carboxylic acids is 1. The van der Waals surface area contributed by atoms with Crippen LogP contribution in [0.4, 0.5) is 5.69 Å². The van der Waals surface area contributed by atoms with Gasteiger partial charge in [0.2, 0.25) is 0 Å². The maximum Gasteiger partial charge on any atom is 0.307 e. The topological polar surface area (TPSA) is 71.3 Å². The second-order valence-electron chi connectivity index (χ2n) is 7.89. The van der Waals surface area contributed by atoms with Gasteiger partial charge in [0, 0.05) is 18.4 Å². The number of carbonyl (C=O) groups is 2. The zero-order valence-electron chi connectivity index (χ0n) is 16.4. The van der Waals surface area contributed by atoms with Crippen molar-refractivity contribution in [3.8, 4) is 0 Å². The van der Waals surface area contributed by atoms with Gasteiger partial charge in [0.05, 0.1) is 22.7 Å². The average Bonchev–Trinajstić information content (AvgIpc) is 3.34. The maximum absolute atomic E-state index is 12.9. The molecule has 6 heteroatoms. The fourth-order valence-electron chi connectivity index (χ4n) is 3.61. The predicted octanol–water partition coefficient (Wildman–Crippen LogP) is 5.33. The smallest absolute Gasteiger partial charge is 0.307 e. The van der Waals surface area contributed by atoms with Crippen molar-refractivity contribution in [1.82, 2.24) is 4.57 Å². The number of aromatic nitrogens is 1. The molecular formula is C22H27ClN2O3. The van der Waals surface area contributed by atoms with Gasteiger partial charge in [-0.25, -0.2) is 0 Å². The SMILES string of the molecule is CC(C)c1c(C(=O)Nc2cc(CC(=O)O)ccc2Cl)ccn1CCCC1CC1. The summed E-state index contributed by atoms with van der Waals surface area (Å²) in [6.07, 6.45) is 6.97. The molecule has 0 bridgehead atoms. The fraction of sp³-hybridized carbons (Fsp3) is 0.455. The largest absolute Gasteiger partial charge is 0.481 e. The van der Waals surface area contributed by atoms with Crippen LogP contribution in [0.3, 0.4) is 0 Å². The lowest BCUT2D eigenvalue weighted by molar-refractivity contribution is -0.136. The molecule has 2 aromatic rings. The average molecular weight is 403 g/mol. The van der Waals surface area contributed by atoms with Crippen LogP contribution >= 0.6 is 11.6 Å². The fourth-order valence-corrected chi connectivity index (χ4v) is 3.78. The Balaban J connectivity index is 1.76. The van der Waals surface area contributed by atoms with Crippen LogP contribution in [0.1, 0.15) is 67.1 Å². The molecule has 0 radical (unpaired) electrons. The van der Waals surface area contributed by atoms with Crippen LogP contribution in [0.5, 0.6) is 0 Å². The Morgan fingerprint density at radius 2 is 2.04 bits per heavy atom. The summed E-state index contributed by atoms with van der Waals surface area (Å²) >= 11 is 6.21. The molecular weight excluding hydrogens is 376 g/mol. The zero-order chi connectivity index (χ0) is 20.3. The summed E-state index contributed by atoms with van der Waals surface area (Å²) in [7, 11) is 0. The minimum Gasteiger partial charge on any atom is -0.481 e. The van der Waals surface area contributed by atoms with Crippen molar-refractivity contribution < 1.29 is 14.7 Å². The van der Waals surface area contributed by atoms with Gasteiger partial charge >= 0.3 is 5.97 Å². The molecule has 1 saturated carbocycles. The molecule has 0 aliphatic heterocycles. The van der Waals surface area contributed by atoms with Gasteiger partial charge in [0.25, 0.3) is 5.91 Å². The minimum absolute atomic E-state index is 0.116. The summed E-state index contributed by atoms with van der Waals surface area (Å²) in [5.74, 6) is -0.0319. The van der Waals surface area contributed by atoms with Crippen molar-refractivity contribution in [2.45, 2.75) is 58.4 Å². The lowest BCUT2D eigenvalue weighted by Crippen LogP contribution is -2.16. The quantitative estimate of drug-likeness (QED) is 0.595. The first-order valence-corrected chi connectivity index (χ1v) is 10.2. The molecule has 1 heterocycles. The van der Waals surface area contributed by atoms with Crippen LogP contribution in [0, 0.1) is 5.92 Å². The van der Waals surface area contributed by atoms with E-state index in [1.54, 1.807) is 18.2 Å². The number of amides is 1. The second-order valence-corrected chi connectivity index (χ2v) is 8.29. The molecule has 0 unspecified atom stereocenters. The highest BCUT2D eigenvalue weighted by molar-refractivity contribution is 6.34. The van der Waals surface area contributed by atoms with E-state index in [1.165, 1.54) is 19.3 Å². The number of carboxylic acid groups (broad SMARTS) is 1. The second kappa shape index (κ2) is 8.82. The minimum atomic E-state index is -0.926. The van der Waals surface area contributed by atoms with Crippen LogP contribution in [-0.4, -0.2) is 21.6 Å². The molecule has 2 N–H and O–H groups in total. The van der Waals surface area contributed by atoms with Gasteiger partial charge in [-0.15, -0.1) is 0 Å². The number of benzene rings is 1. The standard InChI is InChI=1S/C22H27ClN2O3/c1-14(2)21-17(9-11-25(21)10-3-4-15-5-6-15)22(28)24-19-12-16(13-20(26)27)7-8-18(19)23/h7-9,11-12,14-15H,3-6,10,13H2,1-2H3,(H,24,28)(H,26,27). The first kappa shape index (κ1) is 20.5. The van der Waals surface area contributed by atoms with E-state index >= 15 is 0 Å². The number of aliphatic carboxylic acids is 1. The Morgan fingerprint density at radius 3 is 2.68 bits per heavy atom. The Kier molecular flexibility index (Phi) is 6.45. The van der Waals surface area contributed by atoms with Crippen LogP contribution in [-0.2, 0) is 17.8 Å². The highest BCUT2D eigenvalue weighted by Crippen LogP contribution is 2.34. The number of aryl methyl sites for hydroxylation is 1. The van der Waals surface area contributed by atoms with Gasteiger partial charge in [0.1, 0.15) is 0 Å². The lowest BCUT2D eigenvalue weighted by Gasteiger charge is -2.15. The van der Waals surface area contributed by atoms with E-state index in [9.17, 15) is 9.59 Å². The molecule has 0 saturated heterocycles. The molecule has 1 fully saturated rings. The van der Waals surface area contributed by atoms with Crippen molar-refractivity contribution in [2.75, 3.05) is 5.32 Å².